The molecule has 24 heavy (non-hydrogen) atoms. The lowest BCUT2D eigenvalue weighted by Crippen LogP contribution is -2.49. The van der Waals surface area contributed by atoms with Crippen molar-refractivity contribution in [2.75, 3.05) is 32.5 Å². The summed E-state index contributed by atoms with van der Waals surface area (Å²) in [5, 5.41) is 7.17. The minimum atomic E-state index is -3.22. The van der Waals surface area contributed by atoms with Crippen molar-refractivity contribution < 1.29 is 17.9 Å². The van der Waals surface area contributed by atoms with Gasteiger partial charge in [-0.15, -0.1) is 0 Å². The second-order valence-corrected chi connectivity index (χ2v) is 8.17. The van der Waals surface area contributed by atoms with Gasteiger partial charge >= 0.3 is 0 Å². The van der Waals surface area contributed by atoms with Crippen LogP contribution in [0.4, 0.5) is 0 Å². The van der Waals surface area contributed by atoms with Crippen LogP contribution in [-0.4, -0.2) is 67.0 Å². The van der Waals surface area contributed by atoms with Crippen molar-refractivity contribution in [1.29, 1.82) is 0 Å². The van der Waals surface area contributed by atoms with Crippen LogP contribution in [0.15, 0.2) is 0 Å². The Morgan fingerprint density at radius 3 is 2.71 bits per heavy atom. The molecule has 1 saturated heterocycles. The molecule has 1 aliphatic heterocycles. The normalized spacial score (nSPS) is 19.4. The summed E-state index contributed by atoms with van der Waals surface area (Å²) in [5.74, 6) is -0.0715. The van der Waals surface area contributed by atoms with Gasteiger partial charge in [0.05, 0.1) is 24.7 Å². The van der Waals surface area contributed by atoms with Crippen molar-refractivity contribution in [2.45, 2.75) is 32.8 Å². The number of aryl methyl sites for hydroxylation is 2. The lowest BCUT2D eigenvalue weighted by Gasteiger charge is -2.31. The van der Waals surface area contributed by atoms with E-state index in [1.807, 2.05) is 25.6 Å². The molecule has 8 nitrogen and oxygen atoms in total. The third-order valence-electron chi connectivity index (χ3n) is 4.36. The largest absolute Gasteiger partial charge is 0.374 e. The van der Waals surface area contributed by atoms with Crippen LogP contribution in [0, 0.1) is 13.8 Å². The lowest BCUT2D eigenvalue weighted by atomic mass is 10.1. The molecule has 1 aromatic rings. The van der Waals surface area contributed by atoms with Crippen LogP contribution in [0.5, 0.6) is 0 Å². The molecule has 1 N–H and O–H groups in total. The number of sulfonamides is 1. The van der Waals surface area contributed by atoms with Gasteiger partial charge in [0, 0.05) is 38.8 Å². The van der Waals surface area contributed by atoms with E-state index >= 15 is 0 Å². The predicted octanol–water partition coefficient (Wildman–Crippen LogP) is -0.254. The van der Waals surface area contributed by atoms with Gasteiger partial charge in [-0.05, 0) is 25.8 Å². The number of morpholine rings is 1. The van der Waals surface area contributed by atoms with E-state index in [1.165, 1.54) is 10.6 Å². The monoisotopic (exact) mass is 358 g/mol. The molecule has 1 atom stereocenters. The fourth-order valence-corrected chi connectivity index (χ4v) is 3.69. The van der Waals surface area contributed by atoms with E-state index < -0.39 is 10.0 Å². The summed E-state index contributed by atoms with van der Waals surface area (Å²) in [4.78, 5) is 12.0. The molecule has 1 unspecified atom stereocenters. The molecule has 136 valence electrons. The van der Waals surface area contributed by atoms with E-state index in [0.29, 0.717) is 32.5 Å². The van der Waals surface area contributed by atoms with Crippen LogP contribution in [0.3, 0.4) is 0 Å². The number of ether oxygens (including phenoxy) is 1. The molecule has 1 aromatic heterocycles. The Morgan fingerprint density at radius 2 is 2.12 bits per heavy atom. The molecule has 0 saturated carbocycles. The summed E-state index contributed by atoms with van der Waals surface area (Å²) < 4.78 is 31.9. The van der Waals surface area contributed by atoms with E-state index in [9.17, 15) is 13.2 Å². The Balaban J connectivity index is 1.79. The average molecular weight is 358 g/mol. The number of amides is 1. The number of aromatic nitrogens is 2. The standard InChI is InChI=1S/C15H26N4O4S/c1-11-14(12(2)18(3)17-11)5-6-15(20)16-9-13-10-19(7-8-23-13)24(4,21)22/h13H,5-10H2,1-4H3,(H,16,20). The molecule has 0 radical (unpaired) electrons. The topological polar surface area (TPSA) is 93.5 Å². The predicted molar refractivity (Wildman–Crippen MR) is 90.2 cm³/mol. The summed E-state index contributed by atoms with van der Waals surface area (Å²) in [6.45, 7) is 5.24. The van der Waals surface area contributed by atoms with E-state index in [-0.39, 0.29) is 18.6 Å². The second-order valence-electron chi connectivity index (χ2n) is 6.19. The van der Waals surface area contributed by atoms with Gasteiger partial charge in [-0.1, -0.05) is 0 Å². The van der Waals surface area contributed by atoms with E-state index in [2.05, 4.69) is 10.4 Å². The summed E-state index contributed by atoms with van der Waals surface area (Å²) >= 11 is 0. The smallest absolute Gasteiger partial charge is 0.220 e. The van der Waals surface area contributed by atoms with Crippen molar-refractivity contribution in [3.8, 4) is 0 Å². The highest BCUT2D eigenvalue weighted by Crippen LogP contribution is 2.14. The Labute approximate surface area is 143 Å². The van der Waals surface area contributed by atoms with Crippen LogP contribution in [-0.2, 0) is 33.0 Å². The molecule has 1 aliphatic rings. The minimum Gasteiger partial charge on any atom is -0.374 e. The van der Waals surface area contributed by atoms with Gasteiger partial charge in [0.2, 0.25) is 15.9 Å². The number of nitrogens with one attached hydrogen (secondary N) is 1. The first-order chi connectivity index (χ1) is 11.2. The lowest BCUT2D eigenvalue weighted by molar-refractivity contribution is -0.122. The van der Waals surface area contributed by atoms with Gasteiger partial charge < -0.3 is 10.1 Å². The number of carbonyl (C=O) groups excluding carboxylic acids is 1. The Bertz CT molecular complexity index is 699. The Hall–Kier alpha value is -1.45. The number of hydrogen-bond acceptors (Lipinski definition) is 5. The van der Waals surface area contributed by atoms with Gasteiger partial charge in [0.15, 0.2) is 0 Å². The Kier molecular flexibility index (Phi) is 6.00. The second kappa shape index (κ2) is 7.62. The van der Waals surface area contributed by atoms with Crippen molar-refractivity contribution in [1.82, 2.24) is 19.4 Å². The van der Waals surface area contributed by atoms with Crippen LogP contribution < -0.4 is 5.32 Å². The molecule has 1 fully saturated rings. The van der Waals surface area contributed by atoms with Crippen molar-refractivity contribution >= 4 is 15.9 Å². The first-order valence-electron chi connectivity index (χ1n) is 8.01. The van der Waals surface area contributed by atoms with Crippen molar-refractivity contribution in [3.63, 3.8) is 0 Å². The van der Waals surface area contributed by atoms with E-state index in [4.69, 9.17) is 4.74 Å². The average Bonchev–Trinajstić information content (AvgIpc) is 2.75. The number of carbonyl (C=O) groups is 1. The Morgan fingerprint density at radius 1 is 1.42 bits per heavy atom. The molecule has 9 heteroatoms. The van der Waals surface area contributed by atoms with Crippen LogP contribution in [0.25, 0.3) is 0 Å². The quantitative estimate of drug-likeness (QED) is 0.757. The van der Waals surface area contributed by atoms with Gasteiger partial charge in [-0.3, -0.25) is 9.48 Å². The van der Waals surface area contributed by atoms with Crippen LogP contribution >= 0.6 is 0 Å². The van der Waals surface area contributed by atoms with E-state index in [1.54, 1.807) is 0 Å². The van der Waals surface area contributed by atoms with Crippen LogP contribution in [0.2, 0.25) is 0 Å². The maximum absolute atomic E-state index is 12.0. The fourth-order valence-electron chi connectivity index (χ4n) is 2.85. The van der Waals surface area contributed by atoms with E-state index in [0.717, 1.165) is 17.0 Å². The zero-order valence-electron chi connectivity index (χ0n) is 14.7. The molecule has 0 bridgehead atoms. The zero-order valence-corrected chi connectivity index (χ0v) is 15.5. The first-order valence-corrected chi connectivity index (χ1v) is 9.86. The third kappa shape index (κ3) is 4.78. The summed E-state index contributed by atoms with van der Waals surface area (Å²) in [5.41, 5.74) is 3.12. The van der Waals surface area contributed by atoms with Gasteiger partial charge in [0.1, 0.15) is 0 Å². The SMILES string of the molecule is Cc1nn(C)c(C)c1CCC(=O)NCC1CN(S(C)(=O)=O)CCO1. The number of hydrogen-bond donors (Lipinski definition) is 1. The van der Waals surface area contributed by atoms with Gasteiger partial charge in [-0.25, -0.2) is 8.42 Å². The molecular weight excluding hydrogens is 332 g/mol. The number of rotatable bonds is 6. The van der Waals surface area contributed by atoms with Gasteiger partial charge in [0.25, 0.3) is 0 Å². The van der Waals surface area contributed by atoms with Crippen molar-refractivity contribution in [3.05, 3.63) is 17.0 Å². The summed E-state index contributed by atoms with van der Waals surface area (Å²) in [6, 6.07) is 0. The molecule has 0 aliphatic carbocycles. The highest BCUT2D eigenvalue weighted by molar-refractivity contribution is 7.88. The number of nitrogens with zero attached hydrogens (tertiary/aromatic N) is 3. The molecule has 2 heterocycles. The molecule has 1 amide bonds. The molecular formula is C15H26N4O4S. The summed E-state index contributed by atoms with van der Waals surface area (Å²) in [6.07, 6.45) is 1.89. The van der Waals surface area contributed by atoms with Crippen molar-refractivity contribution in [2.24, 2.45) is 7.05 Å². The highest BCUT2D eigenvalue weighted by atomic mass is 32.2. The first kappa shape index (κ1) is 18.9. The highest BCUT2D eigenvalue weighted by Gasteiger charge is 2.26. The fraction of sp³-hybridized carbons (Fsp3) is 0.733. The molecule has 2 rings (SSSR count). The third-order valence-corrected chi connectivity index (χ3v) is 5.63. The zero-order chi connectivity index (χ0) is 17.9. The van der Waals surface area contributed by atoms with Crippen LogP contribution in [0.1, 0.15) is 23.4 Å². The summed E-state index contributed by atoms with van der Waals surface area (Å²) in [7, 11) is -1.33. The molecule has 0 spiro atoms. The minimum absolute atomic E-state index is 0.0715. The van der Waals surface area contributed by atoms with Gasteiger partial charge in [-0.2, -0.15) is 9.40 Å². The maximum Gasteiger partial charge on any atom is 0.220 e. The maximum atomic E-state index is 12.0. The molecule has 0 aromatic carbocycles.